The molecule has 2 aromatic carbocycles. The van der Waals surface area contributed by atoms with Crippen molar-refractivity contribution >= 4 is 41.3 Å². The summed E-state index contributed by atoms with van der Waals surface area (Å²) in [5.74, 6) is 0.851. The Morgan fingerprint density at radius 1 is 0.970 bits per heavy atom. The fourth-order valence-corrected chi connectivity index (χ4v) is 4.38. The van der Waals surface area contributed by atoms with E-state index in [2.05, 4.69) is 82.8 Å². The Kier molecular flexibility index (Phi) is 10.1. The van der Waals surface area contributed by atoms with Crippen molar-refractivity contribution in [2.75, 3.05) is 55.7 Å². The van der Waals surface area contributed by atoms with Crippen LogP contribution in [0.4, 0.5) is 11.4 Å². The largest absolute Gasteiger partial charge is 0.378 e. The van der Waals surface area contributed by atoms with E-state index in [4.69, 9.17) is 9.73 Å². The van der Waals surface area contributed by atoms with Gasteiger partial charge in [-0.1, -0.05) is 24.3 Å². The van der Waals surface area contributed by atoms with E-state index in [0.29, 0.717) is 6.54 Å². The molecule has 2 fully saturated rings. The van der Waals surface area contributed by atoms with Gasteiger partial charge in [0.15, 0.2) is 5.96 Å². The van der Waals surface area contributed by atoms with Gasteiger partial charge in [-0.25, -0.2) is 4.99 Å². The van der Waals surface area contributed by atoms with Gasteiger partial charge in [0.1, 0.15) is 0 Å². The van der Waals surface area contributed by atoms with Crippen molar-refractivity contribution in [3.8, 4) is 0 Å². The molecular formula is C26H38IN5O. The first-order valence-corrected chi connectivity index (χ1v) is 12.0. The summed E-state index contributed by atoms with van der Waals surface area (Å²) in [6.45, 7) is 11.7. The van der Waals surface area contributed by atoms with Crippen LogP contribution in [0.2, 0.25) is 0 Å². The maximum absolute atomic E-state index is 5.45. The Balaban J connectivity index is 0.00000306. The number of hydrogen-bond donors (Lipinski definition) is 2. The topological polar surface area (TPSA) is 52.1 Å². The number of anilines is 2. The third kappa shape index (κ3) is 7.24. The van der Waals surface area contributed by atoms with Crippen LogP contribution in [0.5, 0.6) is 0 Å². The predicted molar refractivity (Wildman–Crippen MR) is 149 cm³/mol. The minimum atomic E-state index is 0. The number of rotatable bonds is 7. The van der Waals surface area contributed by atoms with Crippen LogP contribution in [-0.2, 0) is 11.3 Å². The SMILES string of the molecule is CCNC(=NCc1ccc(N2CCOCC2)cc1)NC(C)c1cccc(N2CCCC2)c1.I. The Morgan fingerprint density at radius 2 is 1.67 bits per heavy atom. The minimum Gasteiger partial charge on any atom is -0.378 e. The molecule has 0 aromatic heterocycles. The van der Waals surface area contributed by atoms with Gasteiger partial charge < -0.3 is 25.2 Å². The molecule has 1 atom stereocenters. The zero-order chi connectivity index (χ0) is 22.2. The van der Waals surface area contributed by atoms with Crippen molar-refractivity contribution in [1.29, 1.82) is 0 Å². The van der Waals surface area contributed by atoms with Crippen molar-refractivity contribution in [3.05, 3.63) is 59.7 Å². The number of morpholine rings is 1. The highest BCUT2D eigenvalue weighted by atomic mass is 127. The van der Waals surface area contributed by atoms with Crippen LogP contribution in [0.1, 0.15) is 43.9 Å². The smallest absolute Gasteiger partial charge is 0.192 e. The van der Waals surface area contributed by atoms with Gasteiger partial charge in [0.2, 0.25) is 0 Å². The second kappa shape index (κ2) is 13.0. The molecule has 33 heavy (non-hydrogen) atoms. The molecule has 0 spiro atoms. The molecule has 2 N–H and O–H groups in total. The van der Waals surface area contributed by atoms with E-state index < -0.39 is 0 Å². The molecule has 2 aromatic rings. The number of nitrogens with one attached hydrogen (secondary N) is 2. The normalized spacial score (nSPS) is 17.5. The number of nitrogens with zero attached hydrogens (tertiary/aromatic N) is 3. The summed E-state index contributed by atoms with van der Waals surface area (Å²) in [6, 6.07) is 17.8. The molecule has 1 unspecified atom stereocenters. The molecule has 0 aliphatic carbocycles. The average Bonchev–Trinajstić information content (AvgIpc) is 3.39. The van der Waals surface area contributed by atoms with Crippen LogP contribution in [0, 0.1) is 0 Å². The van der Waals surface area contributed by atoms with E-state index in [1.807, 2.05) is 0 Å². The summed E-state index contributed by atoms with van der Waals surface area (Å²) in [4.78, 5) is 9.70. The summed E-state index contributed by atoms with van der Waals surface area (Å²) in [7, 11) is 0. The highest BCUT2D eigenvalue weighted by Crippen LogP contribution is 2.24. The molecule has 0 radical (unpaired) electrons. The fraction of sp³-hybridized carbons (Fsp3) is 0.500. The van der Waals surface area contributed by atoms with Gasteiger partial charge >= 0.3 is 0 Å². The van der Waals surface area contributed by atoms with Gasteiger partial charge in [-0.15, -0.1) is 24.0 Å². The summed E-state index contributed by atoms with van der Waals surface area (Å²) in [5, 5.41) is 6.98. The van der Waals surface area contributed by atoms with Crippen molar-refractivity contribution < 1.29 is 4.74 Å². The van der Waals surface area contributed by atoms with E-state index in [-0.39, 0.29) is 30.0 Å². The van der Waals surface area contributed by atoms with E-state index >= 15 is 0 Å². The Labute approximate surface area is 215 Å². The van der Waals surface area contributed by atoms with Gasteiger partial charge in [-0.3, -0.25) is 0 Å². The van der Waals surface area contributed by atoms with Crippen LogP contribution < -0.4 is 20.4 Å². The zero-order valence-corrected chi connectivity index (χ0v) is 22.3. The van der Waals surface area contributed by atoms with Gasteiger partial charge in [0.05, 0.1) is 25.8 Å². The molecule has 2 saturated heterocycles. The molecule has 180 valence electrons. The lowest BCUT2D eigenvalue weighted by molar-refractivity contribution is 0.122. The molecule has 4 rings (SSSR count). The zero-order valence-electron chi connectivity index (χ0n) is 19.9. The molecule has 7 heteroatoms. The van der Waals surface area contributed by atoms with Crippen LogP contribution in [-0.4, -0.2) is 51.9 Å². The average molecular weight is 564 g/mol. The van der Waals surface area contributed by atoms with Gasteiger partial charge in [0, 0.05) is 44.1 Å². The number of hydrogen-bond acceptors (Lipinski definition) is 4. The fourth-order valence-electron chi connectivity index (χ4n) is 4.38. The third-order valence-electron chi connectivity index (χ3n) is 6.27. The Hall–Kier alpha value is -2.00. The molecular weight excluding hydrogens is 525 g/mol. The molecule has 2 aliphatic rings. The summed E-state index contributed by atoms with van der Waals surface area (Å²) >= 11 is 0. The number of aliphatic imine (C=N–C) groups is 1. The van der Waals surface area contributed by atoms with Crippen molar-refractivity contribution in [1.82, 2.24) is 10.6 Å². The minimum absolute atomic E-state index is 0. The molecule has 0 bridgehead atoms. The molecule has 2 heterocycles. The van der Waals surface area contributed by atoms with Crippen molar-refractivity contribution in [3.63, 3.8) is 0 Å². The van der Waals surface area contributed by atoms with E-state index in [0.717, 1.165) is 38.8 Å². The predicted octanol–water partition coefficient (Wildman–Crippen LogP) is 4.56. The monoisotopic (exact) mass is 563 g/mol. The second-order valence-corrected chi connectivity index (χ2v) is 8.62. The van der Waals surface area contributed by atoms with Crippen LogP contribution in [0.25, 0.3) is 0 Å². The Bertz CT molecular complexity index is 877. The quantitative estimate of drug-likeness (QED) is 0.294. The number of halogens is 1. The number of benzene rings is 2. The molecule has 2 aliphatic heterocycles. The van der Waals surface area contributed by atoms with Crippen molar-refractivity contribution in [2.45, 2.75) is 39.3 Å². The molecule has 0 saturated carbocycles. The lowest BCUT2D eigenvalue weighted by Gasteiger charge is -2.28. The maximum atomic E-state index is 5.45. The first-order chi connectivity index (χ1) is 15.7. The summed E-state index contributed by atoms with van der Waals surface area (Å²) in [6.07, 6.45) is 2.59. The van der Waals surface area contributed by atoms with Crippen LogP contribution in [0.3, 0.4) is 0 Å². The van der Waals surface area contributed by atoms with Crippen molar-refractivity contribution in [2.24, 2.45) is 4.99 Å². The highest BCUT2D eigenvalue weighted by Gasteiger charge is 2.15. The number of guanidine groups is 1. The molecule has 0 amide bonds. The first-order valence-electron chi connectivity index (χ1n) is 12.0. The summed E-state index contributed by atoms with van der Waals surface area (Å²) in [5.41, 5.74) is 5.09. The summed E-state index contributed by atoms with van der Waals surface area (Å²) < 4.78 is 5.45. The Morgan fingerprint density at radius 3 is 2.36 bits per heavy atom. The second-order valence-electron chi connectivity index (χ2n) is 8.62. The lowest BCUT2D eigenvalue weighted by Crippen LogP contribution is -2.38. The van der Waals surface area contributed by atoms with Gasteiger partial charge in [0.25, 0.3) is 0 Å². The highest BCUT2D eigenvalue weighted by molar-refractivity contribution is 14.0. The van der Waals surface area contributed by atoms with Crippen LogP contribution in [0.15, 0.2) is 53.5 Å². The maximum Gasteiger partial charge on any atom is 0.192 e. The van der Waals surface area contributed by atoms with Gasteiger partial charge in [-0.2, -0.15) is 0 Å². The number of ether oxygens (including phenoxy) is 1. The standard InChI is InChI=1S/C26H37N5O.HI/c1-3-27-26(28-20-22-9-11-24(12-10-22)31-15-17-32-18-16-31)29-21(2)23-7-6-8-25(19-23)30-13-4-5-14-30;/h6-12,19,21H,3-5,13-18,20H2,1-2H3,(H2,27,28,29);1H. The van der Waals surface area contributed by atoms with E-state index in [9.17, 15) is 0 Å². The first kappa shape index (κ1) is 25.6. The van der Waals surface area contributed by atoms with Gasteiger partial charge in [-0.05, 0) is 62.1 Å². The third-order valence-corrected chi connectivity index (χ3v) is 6.27. The lowest BCUT2D eigenvalue weighted by atomic mass is 10.1. The van der Waals surface area contributed by atoms with E-state index in [1.165, 1.54) is 48.4 Å². The van der Waals surface area contributed by atoms with E-state index in [1.54, 1.807) is 0 Å². The van der Waals surface area contributed by atoms with Crippen LogP contribution >= 0.6 is 24.0 Å². The molecule has 6 nitrogen and oxygen atoms in total.